The zero-order chi connectivity index (χ0) is 51.4. The van der Waals surface area contributed by atoms with E-state index in [2.05, 4.69) is 25.3 Å². The van der Waals surface area contributed by atoms with Crippen LogP contribution in [0.25, 0.3) is 21.3 Å². The van der Waals surface area contributed by atoms with Crippen molar-refractivity contribution < 1.29 is 55.7 Å². The highest BCUT2D eigenvalue weighted by molar-refractivity contribution is 7.13. The molecule has 5 atom stereocenters. The van der Waals surface area contributed by atoms with Gasteiger partial charge in [-0.2, -0.15) is 8.78 Å². The lowest BCUT2D eigenvalue weighted by Gasteiger charge is -2.43. The summed E-state index contributed by atoms with van der Waals surface area (Å²) >= 11 is 1.52. The maximum absolute atomic E-state index is 16.0. The number of β-amino-alcohol motifs (C(OH)–C–C–N with tert-alkyl or cyclic N) is 1. The molecule has 0 spiro atoms. The molecule has 13 nitrogen and oxygen atoms in total. The van der Waals surface area contributed by atoms with E-state index in [0.717, 1.165) is 55.2 Å². The van der Waals surface area contributed by atoms with E-state index in [0.29, 0.717) is 25.0 Å². The molecule has 71 heavy (non-hydrogen) atoms. The number of hydrogen-bond acceptors (Lipinski definition) is 10. The molecule has 2 aliphatic heterocycles. The van der Waals surface area contributed by atoms with E-state index < -0.39 is 77.4 Å². The third-order valence-corrected chi connectivity index (χ3v) is 13.8. The molecule has 4 N–H and O–H groups in total. The lowest BCUT2D eigenvalue weighted by Crippen LogP contribution is -2.60. The number of carbonyl (C=O) groups excluding carboxylic acids is 3. The minimum atomic E-state index is -4.36. The molecular weight excluding hydrogens is 948 g/mol. The second kappa shape index (κ2) is 22.1. The number of likely N-dealkylation sites (tertiary alicyclic amines) is 1. The first-order chi connectivity index (χ1) is 33.5. The van der Waals surface area contributed by atoms with Gasteiger partial charge >= 0.3 is 12.0 Å². The number of halogens is 5. The van der Waals surface area contributed by atoms with Crippen LogP contribution < -0.4 is 15.4 Å². The van der Waals surface area contributed by atoms with Gasteiger partial charge in [-0.05, 0) is 75.1 Å². The summed E-state index contributed by atoms with van der Waals surface area (Å²) in [6.45, 7) is 10.4. The minimum Gasteiger partial charge on any atom is -0.493 e. The molecule has 19 heteroatoms. The van der Waals surface area contributed by atoms with Crippen LogP contribution in [-0.4, -0.2) is 118 Å². The number of H-pyrrole nitrogens is 1. The van der Waals surface area contributed by atoms with Crippen molar-refractivity contribution in [3.8, 4) is 16.2 Å². The molecule has 3 amide bonds. The van der Waals surface area contributed by atoms with Gasteiger partial charge in [0.25, 0.3) is 0 Å². The average molecular weight is 1010 g/mol. The van der Waals surface area contributed by atoms with Crippen LogP contribution in [0, 0.1) is 24.0 Å². The fourth-order valence-corrected chi connectivity index (χ4v) is 10.1. The molecular formula is C52H63F5N6O7S. The van der Waals surface area contributed by atoms with Gasteiger partial charge in [-0.15, -0.1) is 11.3 Å². The van der Waals surface area contributed by atoms with Gasteiger partial charge in [0.1, 0.15) is 35.1 Å². The summed E-state index contributed by atoms with van der Waals surface area (Å²) in [4.78, 5) is 51.9. The average Bonchev–Trinajstić information content (AvgIpc) is 4.02. The largest absolute Gasteiger partial charge is 0.493 e. The van der Waals surface area contributed by atoms with E-state index in [1.54, 1.807) is 31.2 Å². The second-order valence-corrected chi connectivity index (χ2v) is 20.9. The number of amides is 3. The minimum absolute atomic E-state index is 0.0355. The van der Waals surface area contributed by atoms with Gasteiger partial charge in [0, 0.05) is 73.0 Å². The third kappa shape index (κ3) is 12.8. The Morgan fingerprint density at radius 1 is 0.958 bits per heavy atom. The maximum atomic E-state index is 16.0. The van der Waals surface area contributed by atoms with Crippen LogP contribution in [-0.2, 0) is 36.8 Å². The Morgan fingerprint density at radius 2 is 1.65 bits per heavy atom. The van der Waals surface area contributed by atoms with Crippen LogP contribution in [0.4, 0.5) is 22.0 Å². The van der Waals surface area contributed by atoms with Crippen LogP contribution in [0.2, 0.25) is 0 Å². The van der Waals surface area contributed by atoms with Gasteiger partial charge in [0.05, 0.1) is 48.0 Å². The number of aromatic nitrogens is 2. The number of ether oxygens (including phenoxy) is 3. The standard InChI is InChI=1S/C52H63F5N6O7S/c1-30-22-37-36-12-8-9-13-40(36)60-43(37)44(63(30)28-51(6,7)55)42-38(53)24-35(25-39(42)54)69-19-11-10-18-68-20-21-70-52(56,57)49(67)61-46(50(3,4)5)48(66)62-27-34(64)23-41(62)47(65)58-26-32-14-16-33(17-15-32)45-31(2)59-29-71-45/h8-9,12-17,24-25,29-30,34,41,44,46,60,64H,10-11,18-23,26-28H2,1-7H3,(H,58,65)(H,61,67)/t30-,34-,41+,44-,46-/m1/s1. The summed E-state index contributed by atoms with van der Waals surface area (Å²) in [5.74, 6) is -4.93. The molecule has 0 saturated carbocycles. The van der Waals surface area contributed by atoms with E-state index in [1.807, 2.05) is 62.4 Å². The molecule has 2 aromatic heterocycles. The summed E-state index contributed by atoms with van der Waals surface area (Å²) in [7, 11) is 0. The summed E-state index contributed by atoms with van der Waals surface area (Å²) in [6.07, 6.45) is -4.15. The van der Waals surface area contributed by atoms with Gasteiger partial charge in [-0.3, -0.25) is 19.3 Å². The lowest BCUT2D eigenvalue weighted by molar-refractivity contribution is -0.235. The molecule has 5 aromatic rings. The molecule has 2 aliphatic rings. The first-order valence-electron chi connectivity index (χ1n) is 23.8. The fourth-order valence-electron chi connectivity index (χ4n) is 9.29. The number of aryl methyl sites for hydroxylation is 1. The Kier molecular flexibility index (Phi) is 16.6. The molecule has 0 aliphatic carbocycles. The Labute approximate surface area is 414 Å². The van der Waals surface area contributed by atoms with Crippen molar-refractivity contribution in [2.75, 3.05) is 39.5 Å². The Balaban J connectivity index is 0.855. The fraction of sp³-hybridized carbons (Fsp3) is 0.500. The molecule has 1 saturated heterocycles. The van der Waals surface area contributed by atoms with Crippen molar-refractivity contribution in [2.24, 2.45) is 5.41 Å². The van der Waals surface area contributed by atoms with E-state index in [1.165, 1.54) is 25.2 Å². The zero-order valence-corrected chi connectivity index (χ0v) is 41.9. The number of benzene rings is 3. The topological polar surface area (TPSA) is 158 Å². The molecule has 7 rings (SSSR count). The van der Waals surface area contributed by atoms with Crippen molar-refractivity contribution in [1.29, 1.82) is 0 Å². The lowest BCUT2D eigenvalue weighted by atomic mass is 9.85. The number of nitrogens with one attached hydrogen (secondary N) is 3. The highest BCUT2D eigenvalue weighted by Crippen LogP contribution is 2.44. The van der Waals surface area contributed by atoms with Crippen LogP contribution in [0.3, 0.4) is 0 Å². The van der Waals surface area contributed by atoms with Crippen LogP contribution in [0.5, 0.6) is 5.75 Å². The van der Waals surface area contributed by atoms with E-state index in [-0.39, 0.29) is 63.2 Å². The van der Waals surface area contributed by atoms with Crippen molar-refractivity contribution >= 4 is 40.0 Å². The number of hydrogen-bond donors (Lipinski definition) is 4. The Bertz CT molecular complexity index is 2640. The number of aliphatic hydroxyl groups excluding tert-OH is 1. The monoisotopic (exact) mass is 1010 g/mol. The third-order valence-electron chi connectivity index (χ3n) is 12.8. The summed E-state index contributed by atoms with van der Waals surface area (Å²) in [5.41, 5.74) is 3.88. The Morgan fingerprint density at radius 3 is 2.31 bits per heavy atom. The van der Waals surface area contributed by atoms with Crippen molar-refractivity contribution in [2.45, 2.75) is 123 Å². The molecule has 0 bridgehead atoms. The van der Waals surface area contributed by atoms with Crippen molar-refractivity contribution in [3.05, 3.63) is 106 Å². The van der Waals surface area contributed by atoms with E-state index >= 15 is 22.0 Å². The number of para-hydroxylation sites is 1. The molecule has 0 unspecified atom stereocenters. The maximum Gasteiger partial charge on any atom is 0.436 e. The van der Waals surface area contributed by atoms with Gasteiger partial charge in [0.15, 0.2) is 0 Å². The number of fused-ring (bicyclic) bond motifs is 3. The zero-order valence-electron chi connectivity index (χ0n) is 41.1. The summed E-state index contributed by atoms with van der Waals surface area (Å²) < 4.78 is 93.1. The van der Waals surface area contributed by atoms with Gasteiger partial charge in [-0.25, -0.2) is 18.2 Å². The predicted octanol–water partition coefficient (Wildman–Crippen LogP) is 8.56. The molecule has 384 valence electrons. The van der Waals surface area contributed by atoms with Crippen LogP contribution >= 0.6 is 11.3 Å². The molecule has 4 heterocycles. The van der Waals surface area contributed by atoms with Gasteiger partial charge < -0.3 is 39.8 Å². The first-order valence-corrected chi connectivity index (χ1v) is 24.7. The first kappa shape index (κ1) is 53.3. The Hall–Kier alpha value is -5.47. The van der Waals surface area contributed by atoms with E-state index in [4.69, 9.17) is 9.47 Å². The van der Waals surface area contributed by atoms with Crippen LogP contribution in [0.1, 0.15) is 94.9 Å². The highest BCUT2D eigenvalue weighted by atomic mass is 32.1. The quantitative estimate of drug-likeness (QED) is 0.0443. The normalized spacial score (nSPS) is 19.2. The number of rotatable bonds is 20. The number of alkyl halides is 3. The molecule has 1 fully saturated rings. The number of aromatic amines is 1. The van der Waals surface area contributed by atoms with Crippen molar-refractivity contribution in [3.63, 3.8) is 0 Å². The van der Waals surface area contributed by atoms with E-state index in [9.17, 15) is 19.5 Å². The SMILES string of the molecule is Cc1ncsc1-c1ccc(CNC(=O)[C@@H]2C[C@@H](O)CN2C(=O)[C@@H](NC(=O)C(F)(F)OCCOCCCCOc2cc(F)c([C@@H]3c4[nH]c5ccccc5c4C[C@@H](C)N3CC(C)(C)F)c(F)c2)C(C)(C)C)cc1. The van der Waals surface area contributed by atoms with Gasteiger partial charge in [0.2, 0.25) is 11.8 Å². The number of unbranched alkanes of at least 4 members (excludes halogenated alkanes) is 1. The molecule has 3 aromatic carbocycles. The summed E-state index contributed by atoms with van der Waals surface area (Å²) in [5, 5.41) is 16.4. The predicted molar refractivity (Wildman–Crippen MR) is 260 cm³/mol. The summed E-state index contributed by atoms with van der Waals surface area (Å²) in [6, 6.07) is 13.6. The smallest absolute Gasteiger partial charge is 0.436 e. The highest BCUT2D eigenvalue weighted by Gasteiger charge is 2.48. The number of thiazole rings is 1. The molecule has 0 radical (unpaired) electrons. The van der Waals surface area contributed by atoms with Crippen molar-refractivity contribution in [1.82, 2.24) is 30.4 Å². The number of carbonyl (C=O) groups is 3. The van der Waals surface area contributed by atoms with Gasteiger partial charge in [-0.1, -0.05) is 63.2 Å². The number of nitrogens with zero attached hydrogens (tertiary/aromatic N) is 3. The number of aliphatic hydroxyl groups is 1. The van der Waals surface area contributed by atoms with Crippen LogP contribution in [0.15, 0.2) is 66.2 Å². The second-order valence-electron chi connectivity index (χ2n) is 20.1.